The van der Waals surface area contributed by atoms with Gasteiger partial charge in [0, 0.05) is 31.6 Å². The highest BCUT2D eigenvalue weighted by Gasteiger charge is 2.35. The summed E-state index contributed by atoms with van der Waals surface area (Å²) in [6.07, 6.45) is 1.81. The topological polar surface area (TPSA) is 77.5 Å². The number of furan rings is 1. The summed E-state index contributed by atoms with van der Waals surface area (Å²) < 4.78 is 11.0. The average molecular weight is 288 g/mol. The van der Waals surface area contributed by atoms with E-state index in [1.807, 2.05) is 30.3 Å². The molecule has 0 spiro atoms. The summed E-state index contributed by atoms with van der Waals surface area (Å²) in [5.41, 5.74) is 6.22. The first kappa shape index (κ1) is 14.1. The van der Waals surface area contributed by atoms with Crippen LogP contribution in [0, 0.1) is 0 Å². The van der Waals surface area contributed by atoms with Crippen molar-refractivity contribution in [3.8, 4) is 0 Å². The third kappa shape index (κ3) is 3.09. The molecule has 5 heteroatoms. The van der Waals surface area contributed by atoms with Crippen molar-refractivity contribution in [1.29, 1.82) is 0 Å². The van der Waals surface area contributed by atoms with Gasteiger partial charge in [0.25, 0.3) is 0 Å². The summed E-state index contributed by atoms with van der Waals surface area (Å²) in [6, 6.07) is 9.88. The molecule has 3 N–H and O–H groups in total. The van der Waals surface area contributed by atoms with Crippen LogP contribution in [0.2, 0.25) is 0 Å². The first-order chi connectivity index (χ1) is 10.2. The third-order valence-electron chi connectivity index (χ3n) is 3.97. The number of benzene rings is 1. The Balaban J connectivity index is 1.54. The van der Waals surface area contributed by atoms with Crippen LogP contribution in [0.3, 0.4) is 0 Å². The van der Waals surface area contributed by atoms with Crippen LogP contribution in [0.15, 0.2) is 34.7 Å². The normalized spacial score (nSPS) is 17.8. The summed E-state index contributed by atoms with van der Waals surface area (Å²) in [5.74, 6) is 0.775. The maximum Gasteiger partial charge on any atom is 0.240 e. The van der Waals surface area contributed by atoms with Crippen molar-refractivity contribution in [3.05, 3.63) is 36.1 Å². The van der Waals surface area contributed by atoms with Gasteiger partial charge in [-0.2, -0.15) is 0 Å². The van der Waals surface area contributed by atoms with Gasteiger partial charge in [0.1, 0.15) is 11.3 Å². The van der Waals surface area contributed by atoms with E-state index in [4.69, 9.17) is 14.9 Å². The van der Waals surface area contributed by atoms with Crippen LogP contribution >= 0.6 is 0 Å². The van der Waals surface area contributed by atoms with Gasteiger partial charge in [-0.15, -0.1) is 0 Å². The van der Waals surface area contributed by atoms with Crippen LogP contribution in [0.1, 0.15) is 18.6 Å². The number of ether oxygens (including phenoxy) is 1. The summed E-state index contributed by atoms with van der Waals surface area (Å²) in [5, 5.41) is 3.99. The van der Waals surface area contributed by atoms with Crippen LogP contribution in [-0.4, -0.2) is 31.2 Å². The molecule has 21 heavy (non-hydrogen) atoms. The molecule has 0 unspecified atom stereocenters. The predicted octanol–water partition coefficient (Wildman–Crippen LogP) is 1.60. The van der Waals surface area contributed by atoms with Crippen LogP contribution in [0.25, 0.3) is 11.0 Å². The Hall–Kier alpha value is -1.85. The molecule has 2 aromatic rings. The minimum atomic E-state index is -0.786. The number of amides is 1. The highest BCUT2D eigenvalue weighted by Crippen LogP contribution is 2.19. The zero-order valence-electron chi connectivity index (χ0n) is 11.9. The Bertz CT molecular complexity index is 596. The lowest BCUT2D eigenvalue weighted by atomic mass is 9.90. The second-order valence-electron chi connectivity index (χ2n) is 5.52. The molecular weight excluding hydrogens is 268 g/mol. The number of rotatable bonds is 4. The molecule has 0 radical (unpaired) electrons. The fraction of sp³-hybridized carbons (Fsp3) is 0.438. The molecule has 5 nitrogen and oxygen atoms in total. The van der Waals surface area contributed by atoms with Gasteiger partial charge in [-0.3, -0.25) is 4.79 Å². The molecule has 2 heterocycles. The van der Waals surface area contributed by atoms with E-state index in [0.717, 1.165) is 16.7 Å². The summed E-state index contributed by atoms with van der Waals surface area (Å²) in [7, 11) is 0. The van der Waals surface area contributed by atoms with Gasteiger partial charge in [0.15, 0.2) is 0 Å². The van der Waals surface area contributed by atoms with Gasteiger partial charge in [0.2, 0.25) is 5.91 Å². The van der Waals surface area contributed by atoms with Crippen molar-refractivity contribution in [3.63, 3.8) is 0 Å². The van der Waals surface area contributed by atoms with Gasteiger partial charge in [0.05, 0.1) is 5.54 Å². The van der Waals surface area contributed by atoms with Gasteiger partial charge in [-0.1, -0.05) is 18.2 Å². The Morgan fingerprint density at radius 1 is 1.29 bits per heavy atom. The van der Waals surface area contributed by atoms with Crippen molar-refractivity contribution in [2.24, 2.45) is 5.73 Å². The lowest BCUT2D eigenvalue weighted by molar-refractivity contribution is -0.129. The number of nitrogens with two attached hydrogens (primary N) is 1. The second kappa shape index (κ2) is 5.87. The van der Waals surface area contributed by atoms with E-state index in [0.29, 0.717) is 39.0 Å². The van der Waals surface area contributed by atoms with E-state index in [-0.39, 0.29) is 5.91 Å². The maximum absolute atomic E-state index is 12.2. The fourth-order valence-corrected chi connectivity index (χ4v) is 2.60. The molecule has 1 aromatic carbocycles. The quantitative estimate of drug-likeness (QED) is 0.896. The van der Waals surface area contributed by atoms with Crippen LogP contribution in [0.4, 0.5) is 0 Å². The minimum absolute atomic E-state index is 0.0955. The van der Waals surface area contributed by atoms with E-state index < -0.39 is 5.54 Å². The number of carbonyl (C=O) groups excluding carboxylic acids is 1. The van der Waals surface area contributed by atoms with Crippen LogP contribution < -0.4 is 11.1 Å². The summed E-state index contributed by atoms with van der Waals surface area (Å²) in [4.78, 5) is 12.2. The number of hydrogen-bond acceptors (Lipinski definition) is 4. The molecule has 0 saturated carbocycles. The molecule has 3 rings (SSSR count). The fourth-order valence-electron chi connectivity index (χ4n) is 2.60. The molecule has 0 bridgehead atoms. The molecule has 0 atom stereocenters. The molecule has 1 aliphatic heterocycles. The minimum Gasteiger partial charge on any atom is -0.461 e. The summed E-state index contributed by atoms with van der Waals surface area (Å²) in [6.45, 7) is 1.62. The number of fused-ring (bicyclic) bond motifs is 1. The van der Waals surface area contributed by atoms with Crippen LogP contribution in [-0.2, 0) is 16.0 Å². The SMILES string of the molecule is NC1(C(=O)NCCc2cc3ccccc3o2)CCOCC1. The molecule has 1 fully saturated rings. The molecule has 1 aliphatic rings. The van der Waals surface area contributed by atoms with Gasteiger partial charge >= 0.3 is 0 Å². The predicted molar refractivity (Wildman–Crippen MR) is 79.9 cm³/mol. The molecule has 1 amide bonds. The average Bonchev–Trinajstić information content (AvgIpc) is 2.90. The van der Waals surface area contributed by atoms with Gasteiger partial charge in [-0.25, -0.2) is 0 Å². The first-order valence-corrected chi connectivity index (χ1v) is 7.30. The van der Waals surface area contributed by atoms with E-state index in [9.17, 15) is 4.79 Å². The van der Waals surface area contributed by atoms with Crippen molar-refractivity contribution >= 4 is 16.9 Å². The molecule has 1 aromatic heterocycles. The third-order valence-corrected chi connectivity index (χ3v) is 3.97. The summed E-state index contributed by atoms with van der Waals surface area (Å²) >= 11 is 0. The van der Waals surface area contributed by atoms with Crippen LogP contribution in [0.5, 0.6) is 0 Å². The number of nitrogens with one attached hydrogen (secondary N) is 1. The molecule has 1 saturated heterocycles. The van der Waals surface area contributed by atoms with Crippen molar-refractivity contribution in [2.45, 2.75) is 24.8 Å². The Morgan fingerprint density at radius 3 is 2.81 bits per heavy atom. The van der Waals surface area contributed by atoms with Crippen molar-refractivity contribution < 1.29 is 13.9 Å². The standard InChI is InChI=1S/C16H20N2O3/c17-16(6-9-20-10-7-16)15(19)18-8-5-13-11-12-3-1-2-4-14(12)21-13/h1-4,11H,5-10,17H2,(H,18,19). The van der Waals surface area contributed by atoms with Crippen molar-refractivity contribution in [2.75, 3.05) is 19.8 Å². The smallest absolute Gasteiger partial charge is 0.240 e. The largest absolute Gasteiger partial charge is 0.461 e. The van der Waals surface area contributed by atoms with Gasteiger partial charge < -0.3 is 20.2 Å². The Labute approximate surface area is 123 Å². The lowest BCUT2D eigenvalue weighted by Crippen LogP contribution is -2.57. The number of hydrogen-bond donors (Lipinski definition) is 2. The first-order valence-electron chi connectivity index (χ1n) is 7.30. The van der Waals surface area contributed by atoms with E-state index in [2.05, 4.69) is 5.32 Å². The zero-order valence-corrected chi connectivity index (χ0v) is 11.9. The second-order valence-corrected chi connectivity index (χ2v) is 5.52. The lowest BCUT2D eigenvalue weighted by Gasteiger charge is -2.31. The molecular formula is C16H20N2O3. The maximum atomic E-state index is 12.2. The van der Waals surface area contributed by atoms with Gasteiger partial charge in [-0.05, 0) is 25.0 Å². The molecule has 112 valence electrons. The highest BCUT2D eigenvalue weighted by atomic mass is 16.5. The van der Waals surface area contributed by atoms with Crippen molar-refractivity contribution in [1.82, 2.24) is 5.32 Å². The van der Waals surface area contributed by atoms with E-state index in [1.54, 1.807) is 0 Å². The highest BCUT2D eigenvalue weighted by molar-refractivity contribution is 5.86. The Morgan fingerprint density at radius 2 is 2.05 bits per heavy atom. The van der Waals surface area contributed by atoms with E-state index >= 15 is 0 Å². The zero-order chi connectivity index (χ0) is 14.7. The Kier molecular flexibility index (Phi) is 3.94. The monoisotopic (exact) mass is 288 g/mol. The van der Waals surface area contributed by atoms with E-state index in [1.165, 1.54) is 0 Å². The number of carbonyl (C=O) groups is 1. The number of para-hydroxylation sites is 1. The molecule has 0 aliphatic carbocycles.